The number of hydrogen-bond donors (Lipinski definition) is 2. The van der Waals surface area contributed by atoms with Crippen LogP contribution in [-0.2, 0) is 11.2 Å². The van der Waals surface area contributed by atoms with Crippen LogP contribution in [0.3, 0.4) is 0 Å². The fourth-order valence-electron chi connectivity index (χ4n) is 1.74. The molecule has 1 aromatic carbocycles. The zero-order valence-corrected chi connectivity index (χ0v) is 9.55. The molecule has 0 saturated carbocycles. The Kier molecular flexibility index (Phi) is 3.35. The van der Waals surface area contributed by atoms with E-state index in [0.717, 1.165) is 16.6 Å². The number of nitrogens with one attached hydrogen (secondary N) is 1. The van der Waals surface area contributed by atoms with E-state index in [0.29, 0.717) is 6.42 Å². The van der Waals surface area contributed by atoms with Crippen LogP contribution in [0.1, 0.15) is 12.6 Å². The first-order valence-electron chi connectivity index (χ1n) is 5.49. The Morgan fingerprint density at radius 3 is 2.88 bits per heavy atom. The van der Waals surface area contributed by atoms with Gasteiger partial charge in [-0.05, 0) is 12.1 Å². The van der Waals surface area contributed by atoms with E-state index in [2.05, 4.69) is 4.98 Å². The Balaban J connectivity index is 2.22. The summed E-state index contributed by atoms with van der Waals surface area (Å²) in [5.74, 6) is -0.686. The molecule has 4 heteroatoms. The number of nitrogens with zero attached hydrogens (tertiary/aromatic N) is 1. The molecule has 2 rings (SSSR count). The lowest BCUT2D eigenvalue weighted by molar-refractivity contribution is -0.132. The van der Waals surface area contributed by atoms with Gasteiger partial charge in [-0.3, -0.25) is 15.0 Å². The molecule has 0 bridgehead atoms. The molecule has 0 aliphatic rings. The van der Waals surface area contributed by atoms with E-state index >= 15 is 0 Å². The molecular weight excluding hydrogens is 216 g/mol. The van der Waals surface area contributed by atoms with E-state index in [4.69, 9.17) is 5.21 Å². The summed E-state index contributed by atoms with van der Waals surface area (Å²) in [6.07, 6.45) is 0.511. The van der Waals surface area contributed by atoms with Crippen molar-refractivity contribution in [1.29, 1.82) is 0 Å². The average molecular weight is 230 g/mol. The zero-order chi connectivity index (χ0) is 12.3. The van der Waals surface area contributed by atoms with Crippen molar-refractivity contribution in [2.45, 2.75) is 13.3 Å². The van der Waals surface area contributed by atoms with Crippen molar-refractivity contribution in [1.82, 2.24) is 10.5 Å². The Labute approximate surface area is 99.3 Å². The van der Waals surface area contributed by atoms with Crippen molar-refractivity contribution in [3.05, 3.63) is 42.1 Å². The predicted octanol–water partition coefficient (Wildman–Crippen LogP) is 1.92. The standard InChI is InChI=1S/C13H14N2O2/c1-9(13(16)15-17)8-11-7-6-10-4-2-3-5-12(10)14-11/h2-7,9,17H,8H2,1H3,(H,15,16). The van der Waals surface area contributed by atoms with E-state index in [1.807, 2.05) is 36.4 Å². The Morgan fingerprint density at radius 2 is 2.12 bits per heavy atom. The maximum atomic E-state index is 11.2. The van der Waals surface area contributed by atoms with Crippen LogP contribution in [0.5, 0.6) is 0 Å². The lowest BCUT2D eigenvalue weighted by Crippen LogP contribution is -2.27. The lowest BCUT2D eigenvalue weighted by atomic mass is 10.0. The molecule has 2 N–H and O–H groups in total. The van der Waals surface area contributed by atoms with Crippen molar-refractivity contribution in [3.8, 4) is 0 Å². The van der Waals surface area contributed by atoms with Crippen LogP contribution < -0.4 is 5.48 Å². The molecule has 1 unspecified atom stereocenters. The molecule has 0 aliphatic heterocycles. The first-order valence-corrected chi connectivity index (χ1v) is 5.49. The number of para-hydroxylation sites is 1. The minimum absolute atomic E-state index is 0.298. The molecule has 0 fully saturated rings. The molecule has 1 heterocycles. The molecule has 0 saturated heterocycles. The van der Waals surface area contributed by atoms with E-state index in [-0.39, 0.29) is 11.8 Å². The summed E-state index contributed by atoms with van der Waals surface area (Å²) < 4.78 is 0. The summed E-state index contributed by atoms with van der Waals surface area (Å²) in [7, 11) is 0. The number of hydrogen-bond acceptors (Lipinski definition) is 3. The summed E-state index contributed by atoms with van der Waals surface area (Å²) in [6.45, 7) is 1.75. The van der Waals surface area contributed by atoms with E-state index < -0.39 is 0 Å². The van der Waals surface area contributed by atoms with Gasteiger partial charge < -0.3 is 0 Å². The number of benzene rings is 1. The number of hydroxylamine groups is 1. The Bertz CT molecular complexity index is 540. The first kappa shape index (κ1) is 11.5. The number of fused-ring (bicyclic) bond motifs is 1. The molecular formula is C13H14N2O2. The van der Waals surface area contributed by atoms with Gasteiger partial charge in [-0.1, -0.05) is 31.2 Å². The Morgan fingerprint density at radius 1 is 1.35 bits per heavy atom. The van der Waals surface area contributed by atoms with Crippen LogP contribution in [0.2, 0.25) is 0 Å². The summed E-state index contributed by atoms with van der Waals surface area (Å²) in [6, 6.07) is 11.7. The maximum Gasteiger partial charge on any atom is 0.246 e. The minimum atomic E-state index is -0.389. The highest BCUT2D eigenvalue weighted by Crippen LogP contribution is 2.14. The summed E-state index contributed by atoms with van der Waals surface area (Å²) in [5.41, 5.74) is 3.42. The average Bonchev–Trinajstić information content (AvgIpc) is 2.37. The molecule has 88 valence electrons. The number of aromatic nitrogens is 1. The molecule has 1 atom stereocenters. The van der Waals surface area contributed by atoms with Crippen LogP contribution in [0.4, 0.5) is 0 Å². The molecule has 0 spiro atoms. The highest BCUT2D eigenvalue weighted by atomic mass is 16.5. The highest BCUT2D eigenvalue weighted by Gasteiger charge is 2.13. The number of pyridine rings is 1. The van der Waals surface area contributed by atoms with E-state index in [9.17, 15) is 4.79 Å². The fraction of sp³-hybridized carbons (Fsp3) is 0.231. The smallest absolute Gasteiger partial charge is 0.246 e. The number of rotatable bonds is 3. The molecule has 0 radical (unpaired) electrons. The summed E-state index contributed by atoms with van der Waals surface area (Å²) in [4.78, 5) is 15.7. The van der Waals surface area contributed by atoms with Gasteiger partial charge in [-0.15, -0.1) is 0 Å². The zero-order valence-electron chi connectivity index (χ0n) is 9.55. The quantitative estimate of drug-likeness (QED) is 0.625. The van der Waals surface area contributed by atoms with Crippen LogP contribution in [0.25, 0.3) is 10.9 Å². The van der Waals surface area contributed by atoms with Gasteiger partial charge in [0.05, 0.1) is 5.52 Å². The number of carbonyl (C=O) groups excluding carboxylic acids is 1. The topological polar surface area (TPSA) is 62.2 Å². The van der Waals surface area contributed by atoms with E-state index in [1.54, 1.807) is 12.4 Å². The molecule has 2 aromatic rings. The van der Waals surface area contributed by atoms with Gasteiger partial charge in [-0.25, -0.2) is 5.48 Å². The fourth-order valence-corrected chi connectivity index (χ4v) is 1.74. The van der Waals surface area contributed by atoms with Crippen LogP contribution >= 0.6 is 0 Å². The number of carbonyl (C=O) groups is 1. The van der Waals surface area contributed by atoms with Crippen molar-refractivity contribution in [3.63, 3.8) is 0 Å². The molecule has 0 aliphatic carbocycles. The van der Waals surface area contributed by atoms with Crippen LogP contribution in [-0.4, -0.2) is 16.1 Å². The summed E-state index contributed by atoms with van der Waals surface area (Å²) in [5, 5.41) is 9.61. The molecule has 1 amide bonds. The number of amides is 1. The maximum absolute atomic E-state index is 11.2. The van der Waals surface area contributed by atoms with Crippen molar-refractivity contribution < 1.29 is 10.0 Å². The molecule has 1 aromatic heterocycles. The van der Waals surface area contributed by atoms with Gasteiger partial charge in [-0.2, -0.15) is 0 Å². The van der Waals surface area contributed by atoms with E-state index in [1.165, 1.54) is 0 Å². The highest BCUT2D eigenvalue weighted by molar-refractivity contribution is 5.79. The van der Waals surface area contributed by atoms with Gasteiger partial charge in [0.25, 0.3) is 0 Å². The van der Waals surface area contributed by atoms with Crippen molar-refractivity contribution >= 4 is 16.8 Å². The van der Waals surface area contributed by atoms with Crippen LogP contribution in [0.15, 0.2) is 36.4 Å². The van der Waals surface area contributed by atoms with Gasteiger partial charge in [0.1, 0.15) is 0 Å². The van der Waals surface area contributed by atoms with Crippen LogP contribution in [0, 0.1) is 5.92 Å². The second-order valence-corrected chi connectivity index (χ2v) is 4.08. The predicted molar refractivity (Wildman–Crippen MR) is 64.5 cm³/mol. The first-order chi connectivity index (χ1) is 8.20. The minimum Gasteiger partial charge on any atom is -0.289 e. The Hall–Kier alpha value is -1.94. The molecule has 4 nitrogen and oxygen atoms in total. The third-order valence-corrected chi connectivity index (χ3v) is 2.73. The molecule has 17 heavy (non-hydrogen) atoms. The normalized spacial score (nSPS) is 12.4. The van der Waals surface area contributed by atoms with Gasteiger partial charge >= 0.3 is 0 Å². The van der Waals surface area contributed by atoms with Gasteiger partial charge in [0, 0.05) is 23.4 Å². The SMILES string of the molecule is CC(Cc1ccc2ccccc2n1)C(=O)NO. The second kappa shape index (κ2) is 4.93. The lowest BCUT2D eigenvalue weighted by Gasteiger charge is -2.08. The van der Waals surface area contributed by atoms with Crippen molar-refractivity contribution in [2.24, 2.45) is 5.92 Å². The van der Waals surface area contributed by atoms with Gasteiger partial charge in [0.15, 0.2) is 0 Å². The summed E-state index contributed by atoms with van der Waals surface area (Å²) >= 11 is 0. The van der Waals surface area contributed by atoms with Gasteiger partial charge in [0.2, 0.25) is 5.91 Å². The largest absolute Gasteiger partial charge is 0.289 e. The second-order valence-electron chi connectivity index (χ2n) is 4.08. The van der Waals surface area contributed by atoms with Crippen molar-refractivity contribution in [2.75, 3.05) is 0 Å². The monoisotopic (exact) mass is 230 g/mol. The third-order valence-electron chi connectivity index (χ3n) is 2.73. The third kappa shape index (κ3) is 2.60.